The van der Waals surface area contributed by atoms with Crippen LogP contribution in [-0.2, 0) is 19.6 Å². The summed E-state index contributed by atoms with van der Waals surface area (Å²) in [5.74, 6) is 0. The summed E-state index contributed by atoms with van der Waals surface area (Å²) in [6.07, 6.45) is 7.06. The van der Waals surface area contributed by atoms with Gasteiger partial charge in [-0.3, -0.25) is 4.68 Å². The van der Waals surface area contributed by atoms with E-state index in [1.165, 1.54) is 10.4 Å². The molecule has 2 heterocycles. The van der Waals surface area contributed by atoms with Crippen molar-refractivity contribution in [3.63, 3.8) is 0 Å². The molecular formula is C12H18N4S. The first-order valence-electron chi connectivity index (χ1n) is 5.91. The highest BCUT2D eigenvalue weighted by atomic mass is 32.1. The maximum atomic E-state index is 4.32. The summed E-state index contributed by atoms with van der Waals surface area (Å²) in [7, 11) is 0. The maximum Gasteiger partial charge on any atom is 0.107 e. The molecule has 0 saturated heterocycles. The van der Waals surface area contributed by atoms with Gasteiger partial charge in [0.2, 0.25) is 0 Å². The highest BCUT2D eigenvalue weighted by Crippen LogP contribution is 2.10. The van der Waals surface area contributed by atoms with Gasteiger partial charge in [-0.1, -0.05) is 6.92 Å². The Hall–Kier alpha value is -1.20. The molecule has 0 spiro atoms. The van der Waals surface area contributed by atoms with E-state index in [1.807, 2.05) is 17.1 Å². The van der Waals surface area contributed by atoms with Crippen molar-refractivity contribution in [2.75, 3.05) is 0 Å². The minimum absolute atomic E-state index is 0.831. The predicted molar refractivity (Wildman–Crippen MR) is 69.9 cm³/mol. The van der Waals surface area contributed by atoms with Crippen molar-refractivity contribution in [3.8, 4) is 0 Å². The monoisotopic (exact) mass is 250 g/mol. The first-order chi connectivity index (χ1) is 8.28. The second-order valence-corrected chi connectivity index (χ2v) is 5.40. The summed E-state index contributed by atoms with van der Waals surface area (Å²) in [4.78, 5) is 5.58. The number of rotatable bonds is 6. The van der Waals surface area contributed by atoms with Gasteiger partial charge in [0.25, 0.3) is 0 Å². The van der Waals surface area contributed by atoms with E-state index >= 15 is 0 Å². The second-order valence-electron chi connectivity index (χ2n) is 4.08. The molecule has 0 atom stereocenters. The molecule has 0 bridgehead atoms. The van der Waals surface area contributed by atoms with E-state index in [0.717, 1.165) is 31.1 Å². The van der Waals surface area contributed by atoms with E-state index < -0.39 is 0 Å². The summed E-state index contributed by atoms with van der Waals surface area (Å²) >= 11 is 1.74. The minimum atomic E-state index is 0.831. The van der Waals surface area contributed by atoms with Crippen molar-refractivity contribution in [2.45, 2.75) is 39.9 Å². The minimum Gasteiger partial charge on any atom is -0.306 e. The fourth-order valence-electron chi connectivity index (χ4n) is 1.65. The van der Waals surface area contributed by atoms with Crippen LogP contribution in [0.4, 0.5) is 0 Å². The number of hydrogen-bond acceptors (Lipinski definition) is 4. The number of aryl methyl sites for hydroxylation is 2. The average molecular weight is 250 g/mol. The van der Waals surface area contributed by atoms with Crippen LogP contribution in [0.15, 0.2) is 18.6 Å². The van der Waals surface area contributed by atoms with Gasteiger partial charge < -0.3 is 5.32 Å². The van der Waals surface area contributed by atoms with E-state index in [2.05, 4.69) is 35.4 Å². The van der Waals surface area contributed by atoms with Crippen molar-refractivity contribution < 1.29 is 0 Å². The SMILES string of the molecule is CCCn1cc(CNCc2ncc(C)s2)cn1. The Morgan fingerprint density at radius 1 is 1.35 bits per heavy atom. The molecule has 2 aromatic rings. The zero-order valence-electron chi connectivity index (χ0n) is 10.3. The standard InChI is InChI=1S/C12H18N4S/c1-3-4-16-9-11(7-15-16)6-13-8-12-14-5-10(2)17-12/h5,7,9,13H,3-4,6,8H2,1-2H3. The molecular weight excluding hydrogens is 232 g/mol. The molecule has 0 aromatic carbocycles. The van der Waals surface area contributed by atoms with Crippen molar-refractivity contribution in [3.05, 3.63) is 34.0 Å². The van der Waals surface area contributed by atoms with Gasteiger partial charge in [-0.15, -0.1) is 11.3 Å². The van der Waals surface area contributed by atoms with Crippen LogP contribution in [-0.4, -0.2) is 14.8 Å². The zero-order chi connectivity index (χ0) is 12.1. The fourth-order valence-corrected chi connectivity index (χ4v) is 2.40. The van der Waals surface area contributed by atoms with Crippen molar-refractivity contribution in [1.29, 1.82) is 0 Å². The molecule has 0 unspecified atom stereocenters. The summed E-state index contributed by atoms with van der Waals surface area (Å²) in [6.45, 7) is 6.91. The molecule has 0 aliphatic carbocycles. The third-order valence-electron chi connectivity index (χ3n) is 2.41. The van der Waals surface area contributed by atoms with Crippen LogP contribution >= 0.6 is 11.3 Å². The molecule has 2 rings (SSSR count). The number of nitrogens with one attached hydrogen (secondary N) is 1. The van der Waals surface area contributed by atoms with Gasteiger partial charge in [0.1, 0.15) is 5.01 Å². The molecule has 5 heteroatoms. The van der Waals surface area contributed by atoms with Crippen LogP contribution in [0.1, 0.15) is 28.8 Å². The number of aromatic nitrogens is 3. The Morgan fingerprint density at radius 2 is 2.24 bits per heavy atom. The van der Waals surface area contributed by atoms with Crippen LogP contribution in [0.5, 0.6) is 0 Å². The smallest absolute Gasteiger partial charge is 0.107 e. The van der Waals surface area contributed by atoms with Gasteiger partial charge in [-0.25, -0.2) is 4.98 Å². The van der Waals surface area contributed by atoms with Crippen LogP contribution in [0.3, 0.4) is 0 Å². The highest BCUT2D eigenvalue weighted by Gasteiger charge is 2.00. The molecule has 92 valence electrons. The van der Waals surface area contributed by atoms with Crippen LogP contribution in [0.25, 0.3) is 0 Å². The summed E-state index contributed by atoms with van der Waals surface area (Å²) in [5, 5.41) is 8.82. The van der Waals surface area contributed by atoms with Gasteiger partial charge >= 0.3 is 0 Å². The Morgan fingerprint density at radius 3 is 2.94 bits per heavy atom. The van der Waals surface area contributed by atoms with Crippen molar-refractivity contribution >= 4 is 11.3 Å². The quantitative estimate of drug-likeness (QED) is 0.855. The topological polar surface area (TPSA) is 42.7 Å². The molecule has 17 heavy (non-hydrogen) atoms. The van der Waals surface area contributed by atoms with Gasteiger partial charge in [0, 0.05) is 42.5 Å². The van der Waals surface area contributed by atoms with E-state index in [9.17, 15) is 0 Å². The maximum absolute atomic E-state index is 4.32. The predicted octanol–water partition coefficient (Wildman–Crippen LogP) is 2.35. The molecule has 1 N–H and O–H groups in total. The third-order valence-corrected chi connectivity index (χ3v) is 3.33. The van der Waals surface area contributed by atoms with Gasteiger partial charge in [0.15, 0.2) is 0 Å². The lowest BCUT2D eigenvalue weighted by atomic mass is 10.3. The molecule has 4 nitrogen and oxygen atoms in total. The van der Waals surface area contributed by atoms with E-state index in [4.69, 9.17) is 0 Å². The first kappa shape index (κ1) is 12.3. The molecule has 0 radical (unpaired) electrons. The van der Waals surface area contributed by atoms with Crippen LogP contribution in [0.2, 0.25) is 0 Å². The highest BCUT2D eigenvalue weighted by molar-refractivity contribution is 7.11. The Labute approximate surface area is 106 Å². The summed E-state index contributed by atoms with van der Waals surface area (Å²) < 4.78 is 1.99. The van der Waals surface area contributed by atoms with E-state index in [1.54, 1.807) is 11.3 Å². The van der Waals surface area contributed by atoms with E-state index in [-0.39, 0.29) is 0 Å². The summed E-state index contributed by atoms with van der Waals surface area (Å²) in [5.41, 5.74) is 1.23. The Bertz CT molecular complexity index is 461. The average Bonchev–Trinajstić information content (AvgIpc) is 2.89. The molecule has 0 aliphatic rings. The van der Waals surface area contributed by atoms with Gasteiger partial charge in [0.05, 0.1) is 6.20 Å². The van der Waals surface area contributed by atoms with Gasteiger partial charge in [-0.2, -0.15) is 5.10 Å². The molecule has 0 amide bonds. The molecule has 0 fully saturated rings. The molecule has 0 saturated carbocycles. The Balaban J connectivity index is 1.77. The molecule has 0 aliphatic heterocycles. The lowest BCUT2D eigenvalue weighted by Crippen LogP contribution is -2.11. The van der Waals surface area contributed by atoms with Crippen LogP contribution < -0.4 is 5.32 Å². The first-order valence-corrected chi connectivity index (χ1v) is 6.73. The lowest BCUT2D eigenvalue weighted by molar-refractivity contribution is 0.601. The van der Waals surface area contributed by atoms with E-state index in [0.29, 0.717) is 0 Å². The van der Waals surface area contributed by atoms with Crippen LogP contribution in [0, 0.1) is 6.92 Å². The lowest BCUT2D eigenvalue weighted by Gasteiger charge is -1.99. The largest absolute Gasteiger partial charge is 0.306 e. The van der Waals surface area contributed by atoms with Gasteiger partial charge in [-0.05, 0) is 13.3 Å². The van der Waals surface area contributed by atoms with Crippen molar-refractivity contribution in [1.82, 2.24) is 20.1 Å². The summed E-state index contributed by atoms with van der Waals surface area (Å²) in [6, 6.07) is 0. The third kappa shape index (κ3) is 3.64. The zero-order valence-corrected chi connectivity index (χ0v) is 11.1. The number of nitrogens with zero attached hydrogens (tertiary/aromatic N) is 3. The number of hydrogen-bond donors (Lipinski definition) is 1. The second kappa shape index (κ2) is 5.93. The number of thiazole rings is 1. The molecule has 2 aromatic heterocycles. The Kier molecular flexibility index (Phi) is 4.28. The fraction of sp³-hybridized carbons (Fsp3) is 0.500. The van der Waals surface area contributed by atoms with Crippen molar-refractivity contribution in [2.24, 2.45) is 0 Å². The normalized spacial score (nSPS) is 10.9.